The van der Waals surface area contributed by atoms with Crippen LogP contribution in [-0.2, 0) is 4.79 Å². The smallest absolute Gasteiger partial charge is 0.326 e. The van der Waals surface area contributed by atoms with Gasteiger partial charge in [-0.25, -0.2) is 13.6 Å². The average molecular weight is 259 g/mol. The van der Waals surface area contributed by atoms with Gasteiger partial charge in [0.25, 0.3) is 5.91 Å². The van der Waals surface area contributed by atoms with Crippen molar-refractivity contribution in [2.24, 2.45) is 0 Å². The number of halogens is 2. The molecule has 0 saturated carbocycles. The summed E-state index contributed by atoms with van der Waals surface area (Å²) in [5.41, 5.74) is -0.584. The number of aliphatic carboxylic acids is 1. The van der Waals surface area contributed by atoms with Crippen LogP contribution in [0.2, 0.25) is 0 Å². The van der Waals surface area contributed by atoms with Crippen molar-refractivity contribution < 1.29 is 28.6 Å². The van der Waals surface area contributed by atoms with Crippen LogP contribution in [0.4, 0.5) is 8.78 Å². The number of nitrogens with one attached hydrogen (secondary N) is 1. The van der Waals surface area contributed by atoms with Gasteiger partial charge in [-0.05, 0) is 18.2 Å². The molecule has 1 atom stereocenters. The number of aliphatic hydroxyl groups excluding tert-OH is 1. The Morgan fingerprint density at radius 3 is 2.56 bits per heavy atom. The molecular formula is C11H11F2NO4. The highest BCUT2D eigenvalue weighted by molar-refractivity contribution is 5.96. The Bertz CT molecular complexity index is 464. The summed E-state index contributed by atoms with van der Waals surface area (Å²) in [5, 5.41) is 19.3. The van der Waals surface area contributed by atoms with Crippen LogP contribution in [0.1, 0.15) is 16.8 Å². The van der Waals surface area contributed by atoms with Crippen LogP contribution >= 0.6 is 0 Å². The van der Waals surface area contributed by atoms with E-state index in [-0.39, 0.29) is 6.42 Å². The number of hydrogen-bond donors (Lipinski definition) is 3. The summed E-state index contributed by atoms with van der Waals surface area (Å²) in [6.07, 6.45) is -0.224. The minimum Gasteiger partial charge on any atom is -0.480 e. The summed E-state index contributed by atoms with van der Waals surface area (Å²) in [5.74, 6) is -4.18. The Kier molecular flexibility index (Phi) is 4.73. The molecule has 0 aliphatic heterocycles. The van der Waals surface area contributed by atoms with E-state index in [1.807, 2.05) is 5.32 Å². The third-order valence-corrected chi connectivity index (χ3v) is 2.19. The van der Waals surface area contributed by atoms with Crippen LogP contribution in [0.3, 0.4) is 0 Å². The zero-order valence-corrected chi connectivity index (χ0v) is 9.19. The van der Waals surface area contributed by atoms with E-state index in [1.165, 1.54) is 0 Å². The van der Waals surface area contributed by atoms with E-state index in [0.29, 0.717) is 6.07 Å². The second-order valence-electron chi connectivity index (χ2n) is 3.50. The Hall–Kier alpha value is -2.02. The summed E-state index contributed by atoms with van der Waals surface area (Å²) < 4.78 is 26.1. The van der Waals surface area contributed by atoms with Crippen LogP contribution in [0.25, 0.3) is 0 Å². The van der Waals surface area contributed by atoms with Crippen molar-refractivity contribution in [1.82, 2.24) is 5.32 Å². The number of hydrogen-bond acceptors (Lipinski definition) is 3. The maximum Gasteiger partial charge on any atom is 0.326 e. The van der Waals surface area contributed by atoms with Crippen molar-refractivity contribution in [2.75, 3.05) is 6.61 Å². The first-order chi connectivity index (χ1) is 8.45. The normalized spacial score (nSPS) is 11.9. The van der Waals surface area contributed by atoms with E-state index < -0.39 is 41.7 Å². The molecule has 0 spiro atoms. The highest BCUT2D eigenvalue weighted by Crippen LogP contribution is 2.10. The lowest BCUT2D eigenvalue weighted by atomic mass is 10.1. The fraction of sp³-hybridized carbons (Fsp3) is 0.273. The molecule has 1 aromatic carbocycles. The van der Waals surface area contributed by atoms with E-state index in [2.05, 4.69) is 0 Å². The lowest BCUT2D eigenvalue weighted by Gasteiger charge is -2.13. The number of aliphatic hydroxyl groups is 1. The van der Waals surface area contributed by atoms with E-state index in [9.17, 15) is 18.4 Å². The monoisotopic (exact) mass is 259 g/mol. The molecule has 5 nitrogen and oxygen atoms in total. The predicted octanol–water partition coefficient (Wildman–Crippen LogP) is 0.530. The fourth-order valence-electron chi connectivity index (χ4n) is 1.29. The predicted molar refractivity (Wildman–Crippen MR) is 57.0 cm³/mol. The van der Waals surface area contributed by atoms with Crippen molar-refractivity contribution in [3.05, 3.63) is 35.4 Å². The molecule has 0 radical (unpaired) electrons. The third kappa shape index (κ3) is 3.49. The second-order valence-corrected chi connectivity index (χ2v) is 3.50. The molecular weight excluding hydrogens is 248 g/mol. The number of rotatable bonds is 5. The number of amides is 1. The fourth-order valence-corrected chi connectivity index (χ4v) is 1.29. The molecule has 1 amide bonds. The van der Waals surface area contributed by atoms with Gasteiger partial charge in [0.05, 0.1) is 5.56 Å². The topological polar surface area (TPSA) is 86.6 Å². The van der Waals surface area contributed by atoms with Crippen molar-refractivity contribution in [2.45, 2.75) is 12.5 Å². The maximum atomic E-state index is 13.2. The number of carbonyl (C=O) groups is 2. The van der Waals surface area contributed by atoms with E-state index >= 15 is 0 Å². The first kappa shape index (κ1) is 14.0. The lowest BCUT2D eigenvalue weighted by molar-refractivity contribution is -0.139. The summed E-state index contributed by atoms with van der Waals surface area (Å²) >= 11 is 0. The molecule has 98 valence electrons. The number of carboxylic acid groups (broad SMARTS) is 1. The van der Waals surface area contributed by atoms with Gasteiger partial charge in [0.2, 0.25) is 0 Å². The quantitative estimate of drug-likeness (QED) is 0.720. The minimum atomic E-state index is -1.37. The maximum absolute atomic E-state index is 13.2. The second kappa shape index (κ2) is 6.06. The summed E-state index contributed by atoms with van der Waals surface area (Å²) in [4.78, 5) is 22.3. The van der Waals surface area contributed by atoms with Gasteiger partial charge in [0, 0.05) is 13.0 Å². The van der Waals surface area contributed by atoms with Crippen molar-refractivity contribution in [1.29, 1.82) is 0 Å². The minimum absolute atomic E-state index is 0.224. The molecule has 0 aliphatic rings. The third-order valence-electron chi connectivity index (χ3n) is 2.19. The van der Waals surface area contributed by atoms with Gasteiger partial charge >= 0.3 is 5.97 Å². The lowest BCUT2D eigenvalue weighted by Crippen LogP contribution is -2.41. The molecule has 1 unspecified atom stereocenters. The van der Waals surface area contributed by atoms with Gasteiger partial charge in [-0.2, -0.15) is 0 Å². The SMILES string of the molecule is O=C(NC(CCO)C(=O)O)c1cc(F)ccc1F. The zero-order valence-electron chi connectivity index (χ0n) is 9.19. The Labute approximate surface area is 101 Å². The molecule has 0 aromatic heterocycles. The van der Waals surface area contributed by atoms with Crippen LogP contribution in [0.15, 0.2) is 18.2 Å². The van der Waals surface area contributed by atoms with Crippen LogP contribution in [-0.4, -0.2) is 34.7 Å². The van der Waals surface area contributed by atoms with Crippen molar-refractivity contribution >= 4 is 11.9 Å². The van der Waals surface area contributed by atoms with E-state index in [0.717, 1.165) is 12.1 Å². The molecule has 18 heavy (non-hydrogen) atoms. The van der Waals surface area contributed by atoms with Gasteiger partial charge in [0.1, 0.15) is 17.7 Å². The number of benzene rings is 1. The molecule has 7 heteroatoms. The van der Waals surface area contributed by atoms with Gasteiger partial charge in [0.15, 0.2) is 0 Å². The molecule has 1 rings (SSSR count). The largest absolute Gasteiger partial charge is 0.480 e. The first-order valence-electron chi connectivity index (χ1n) is 5.05. The van der Waals surface area contributed by atoms with E-state index in [1.54, 1.807) is 0 Å². The van der Waals surface area contributed by atoms with Crippen molar-refractivity contribution in [3.8, 4) is 0 Å². The Morgan fingerprint density at radius 1 is 1.33 bits per heavy atom. The molecule has 0 heterocycles. The molecule has 0 saturated heterocycles. The molecule has 0 bridgehead atoms. The van der Waals surface area contributed by atoms with Crippen LogP contribution in [0, 0.1) is 11.6 Å². The summed E-state index contributed by atoms with van der Waals surface area (Å²) in [6.45, 7) is -0.455. The van der Waals surface area contributed by atoms with Crippen LogP contribution < -0.4 is 5.32 Å². The Balaban J connectivity index is 2.86. The molecule has 0 fully saturated rings. The van der Waals surface area contributed by atoms with Crippen molar-refractivity contribution in [3.63, 3.8) is 0 Å². The standard InChI is InChI=1S/C11H11F2NO4/c12-6-1-2-8(13)7(5-6)10(16)14-9(3-4-15)11(17)18/h1-2,5,9,15H,3-4H2,(H,14,16)(H,17,18). The highest BCUT2D eigenvalue weighted by atomic mass is 19.1. The average Bonchev–Trinajstić information content (AvgIpc) is 2.31. The highest BCUT2D eigenvalue weighted by Gasteiger charge is 2.22. The molecule has 0 aliphatic carbocycles. The summed E-state index contributed by atoms with van der Waals surface area (Å²) in [7, 11) is 0. The van der Waals surface area contributed by atoms with E-state index in [4.69, 9.17) is 10.2 Å². The van der Waals surface area contributed by atoms with Gasteiger partial charge in [-0.1, -0.05) is 0 Å². The van der Waals surface area contributed by atoms with Gasteiger partial charge in [-0.15, -0.1) is 0 Å². The first-order valence-corrected chi connectivity index (χ1v) is 5.05. The molecule has 1 aromatic rings. The number of carbonyl (C=O) groups excluding carboxylic acids is 1. The van der Waals surface area contributed by atoms with Crippen LogP contribution in [0.5, 0.6) is 0 Å². The Morgan fingerprint density at radius 2 is 2.00 bits per heavy atom. The number of carboxylic acids is 1. The zero-order chi connectivity index (χ0) is 13.7. The van der Waals surface area contributed by atoms with Gasteiger partial charge < -0.3 is 15.5 Å². The van der Waals surface area contributed by atoms with Gasteiger partial charge in [-0.3, -0.25) is 4.79 Å². The summed E-state index contributed by atoms with van der Waals surface area (Å²) in [6, 6.07) is 0.925. The molecule has 3 N–H and O–H groups in total.